The monoisotopic (exact) mass is 422 g/mol. The van der Waals surface area contributed by atoms with E-state index in [1.165, 1.54) is 16.8 Å². The molecule has 0 amide bonds. The molecule has 0 aliphatic carbocycles. The summed E-state index contributed by atoms with van der Waals surface area (Å²) in [4.78, 5) is 39.3. The van der Waals surface area contributed by atoms with Crippen molar-refractivity contribution in [2.24, 2.45) is 0 Å². The van der Waals surface area contributed by atoms with E-state index in [-0.39, 0.29) is 5.56 Å². The molecule has 0 N–H and O–H groups in total. The zero-order valence-electron chi connectivity index (χ0n) is 16.9. The van der Waals surface area contributed by atoms with E-state index >= 15 is 0 Å². The molecule has 0 saturated carbocycles. The first-order valence-electron chi connectivity index (χ1n) is 10.2. The molecule has 2 saturated heterocycles. The zero-order valence-corrected chi connectivity index (χ0v) is 16.9. The van der Waals surface area contributed by atoms with E-state index in [9.17, 15) is 4.79 Å². The van der Waals surface area contributed by atoms with Gasteiger partial charge in [0.2, 0.25) is 11.9 Å². The summed E-state index contributed by atoms with van der Waals surface area (Å²) in [7, 11) is 0. The van der Waals surface area contributed by atoms with Gasteiger partial charge in [-0.2, -0.15) is 15.0 Å². The smallest absolute Gasteiger partial charge is 0.256 e. The third kappa shape index (κ3) is 4.23. The molecular weight excluding hydrogens is 400 g/mol. The summed E-state index contributed by atoms with van der Waals surface area (Å²) in [6.07, 6.45) is 4.79. The van der Waals surface area contributed by atoms with Crippen LogP contribution in [-0.4, -0.2) is 82.1 Å². The van der Waals surface area contributed by atoms with Gasteiger partial charge in [0.25, 0.3) is 5.56 Å². The standard InChI is InChI=1S/C20H22N8O3/c29-17-3-1-2-4-28(17)16-14-21-13-15(22-16)18-23-19(26-5-9-30-10-6-26)25-20(24-18)27-7-11-31-12-8-27/h1-4,13-14H,5-12H2. The Bertz CT molecular complexity index is 1070. The van der Waals surface area contributed by atoms with Crippen LogP contribution in [0.5, 0.6) is 0 Å². The van der Waals surface area contributed by atoms with Crippen molar-refractivity contribution in [3.05, 3.63) is 47.1 Å². The molecule has 2 aliphatic heterocycles. The molecule has 0 radical (unpaired) electrons. The van der Waals surface area contributed by atoms with Crippen LogP contribution in [0.25, 0.3) is 17.3 Å². The van der Waals surface area contributed by atoms with E-state index in [0.29, 0.717) is 81.8 Å². The van der Waals surface area contributed by atoms with Crippen molar-refractivity contribution < 1.29 is 9.47 Å². The summed E-state index contributed by atoms with van der Waals surface area (Å²) >= 11 is 0. The summed E-state index contributed by atoms with van der Waals surface area (Å²) in [5, 5.41) is 0. The van der Waals surface area contributed by atoms with Crippen LogP contribution in [-0.2, 0) is 9.47 Å². The van der Waals surface area contributed by atoms with E-state index in [4.69, 9.17) is 14.5 Å². The maximum Gasteiger partial charge on any atom is 0.256 e. The van der Waals surface area contributed by atoms with Crippen LogP contribution in [0.15, 0.2) is 41.6 Å². The fraction of sp³-hybridized carbons (Fsp3) is 0.400. The molecule has 11 nitrogen and oxygen atoms in total. The van der Waals surface area contributed by atoms with Crippen molar-refractivity contribution in [3.63, 3.8) is 0 Å². The fourth-order valence-electron chi connectivity index (χ4n) is 3.47. The van der Waals surface area contributed by atoms with Gasteiger partial charge in [-0.05, 0) is 6.07 Å². The minimum atomic E-state index is -0.187. The minimum Gasteiger partial charge on any atom is -0.378 e. The second kappa shape index (κ2) is 8.74. The van der Waals surface area contributed by atoms with Crippen molar-refractivity contribution in [1.29, 1.82) is 0 Å². The number of aromatic nitrogens is 6. The fourth-order valence-corrected chi connectivity index (χ4v) is 3.47. The second-order valence-electron chi connectivity index (χ2n) is 7.13. The van der Waals surface area contributed by atoms with Gasteiger partial charge in [-0.15, -0.1) is 0 Å². The number of rotatable bonds is 4. The Labute approximate surface area is 178 Å². The van der Waals surface area contributed by atoms with Gasteiger partial charge in [-0.25, -0.2) is 4.98 Å². The van der Waals surface area contributed by atoms with Gasteiger partial charge in [-0.1, -0.05) is 6.07 Å². The number of hydrogen-bond donors (Lipinski definition) is 0. The summed E-state index contributed by atoms with van der Waals surface area (Å²) < 4.78 is 12.4. The summed E-state index contributed by atoms with van der Waals surface area (Å²) in [6.45, 7) is 5.32. The van der Waals surface area contributed by atoms with Crippen molar-refractivity contribution in [2.45, 2.75) is 0 Å². The Morgan fingerprint density at radius 3 is 2.03 bits per heavy atom. The van der Waals surface area contributed by atoms with E-state index in [2.05, 4.69) is 29.7 Å². The van der Waals surface area contributed by atoms with Crippen LogP contribution in [0, 0.1) is 0 Å². The van der Waals surface area contributed by atoms with Crippen molar-refractivity contribution >= 4 is 11.9 Å². The maximum atomic E-state index is 12.2. The van der Waals surface area contributed by atoms with Gasteiger partial charge in [0.15, 0.2) is 11.6 Å². The molecule has 31 heavy (non-hydrogen) atoms. The Balaban J connectivity index is 1.57. The van der Waals surface area contributed by atoms with Crippen LogP contribution in [0.1, 0.15) is 0 Å². The number of nitrogens with zero attached hydrogens (tertiary/aromatic N) is 8. The first kappa shape index (κ1) is 19.5. The number of ether oxygens (including phenoxy) is 2. The molecule has 3 aromatic rings. The molecular formula is C20H22N8O3. The predicted molar refractivity (Wildman–Crippen MR) is 113 cm³/mol. The van der Waals surface area contributed by atoms with Crippen LogP contribution in [0.4, 0.5) is 11.9 Å². The van der Waals surface area contributed by atoms with Crippen LogP contribution in [0.3, 0.4) is 0 Å². The molecule has 0 atom stereocenters. The summed E-state index contributed by atoms with van der Waals surface area (Å²) in [6, 6.07) is 4.93. The predicted octanol–water partition coefficient (Wildman–Crippen LogP) is 0.153. The van der Waals surface area contributed by atoms with Crippen molar-refractivity contribution in [2.75, 3.05) is 62.4 Å². The highest BCUT2D eigenvalue weighted by Crippen LogP contribution is 2.21. The second-order valence-corrected chi connectivity index (χ2v) is 7.13. The third-order valence-corrected chi connectivity index (χ3v) is 5.12. The number of anilines is 2. The topological polar surface area (TPSA) is 111 Å². The van der Waals surface area contributed by atoms with Gasteiger partial charge < -0.3 is 19.3 Å². The van der Waals surface area contributed by atoms with Crippen LogP contribution < -0.4 is 15.4 Å². The average Bonchev–Trinajstić information content (AvgIpc) is 2.85. The quantitative estimate of drug-likeness (QED) is 0.576. The third-order valence-electron chi connectivity index (χ3n) is 5.12. The van der Waals surface area contributed by atoms with Crippen molar-refractivity contribution in [3.8, 4) is 17.3 Å². The van der Waals surface area contributed by atoms with Gasteiger partial charge in [-0.3, -0.25) is 14.3 Å². The van der Waals surface area contributed by atoms with Gasteiger partial charge in [0, 0.05) is 38.4 Å². The van der Waals surface area contributed by atoms with Crippen LogP contribution >= 0.6 is 0 Å². The van der Waals surface area contributed by atoms with Crippen LogP contribution in [0.2, 0.25) is 0 Å². The van der Waals surface area contributed by atoms with Gasteiger partial charge in [0.1, 0.15) is 5.69 Å². The number of morpholine rings is 2. The Morgan fingerprint density at radius 2 is 1.42 bits per heavy atom. The highest BCUT2D eigenvalue weighted by Gasteiger charge is 2.22. The molecule has 0 spiro atoms. The maximum absolute atomic E-state index is 12.2. The molecule has 0 aromatic carbocycles. The Hall–Kier alpha value is -3.44. The lowest BCUT2D eigenvalue weighted by molar-refractivity contribution is 0.121. The molecule has 3 aromatic heterocycles. The highest BCUT2D eigenvalue weighted by atomic mass is 16.5. The van der Waals surface area contributed by atoms with E-state index in [0.717, 1.165) is 0 Å². The molecule has 0 bridgehead atoms. The molecule has 0 unspecified atom stereocenters. The molecule has 160 valence electrons. The Kier molecular flexibility index (Phi) is 5.50. The first-order chi connectivity index (χ1) is 15.3. The highest BCUT2D eigenvalue weighted by molar-refractivity contribution is 5.55. The average molecular weight is 422 g/mol. The van der Waals surface area contributed by atoms with Gasteiger partial charge in [0.05, 0.1) is 38.8 Å². The van der Waals surface area contributed by atoms with Crippen molar-refractivity contribution in [1.82, 2.24) is 29.5 Å². The van der Waals surface area contributed by atoms with Gasteiger partial charge >= 0.3 is 0 Å². The summed E-state index contributed by atoms with van der Waals surface area (Å²) in [5.41, 5.74) is 0.285. The largest absolute Gasteiger partial charge is 0.378 e. The Morgan fingerprint density at radius 1 is 0.774 bits per heavy atom. The zero-order chi connectivity index (χ0) is 21.0. The SMILES string of the molecule is O=c1ccccn1-c1cncc(-c2nc(N3CCOCC3)nc(N3CCOCC3)n2)n1. The lowest BCUT2D eigenvalue weighted by atomic mass is 10.4. The molecule has 5 heterocycles. The lowest BCUT2D eigenvalue weighted by Crippen LogP contribution is -2.40. The molecule has 2 aliphatic rings. The van der Waals surface area contributed by atoms with E-state index in [1.807, 2.05) is 0 Å². The lowest BCUT2D eigenvalue weighted by Gasteiger charge is -2.30. The summed E-state index contributed by atoms with van der Waals surface area (Å²) in [5.74, 6) is 1.98. The normalized spacial score (nSPS) is 17.0. The molecule has 5 rings (SSSR count). The molecule has 2 fully saturated rings. The number of pyridine rings is 1. The number of hydrogen-bond acceptors (Lipinski definition) is 10. The van der Waals surface area contributed by atoms with E-state index in [1.54, 1.807) is 24.5 Å². The minimum absolute atomic E-state index is 0.187. The molecule has 11 heteroatoms. The first-order valence-corrected chi connectivity index (χ1v) is 10.2. The van der Waals surface area contributed by atoms with E-state index < -0.39 is 0 Å².